The van der Waals surface area contributed by atoms with Crippen molar-refractivity contribution in [3.8, 4) is 5.75 Å². The minimum atomic E-state index is -0.250. The number of hydrogen-bond donors (Lipinski definition) is 2. The van der Waals surface area contributed by atoms with Crippen LogP contribution in [0.5, 0.6) is 5.75 Å². The minimum absolute atomic E-state index is 0.250. The Morgan fingerprint density at radius 1 is 1.11 bits per heavy atom. The molecule has 6 heteroatoms. The molecule has 2 aromatic rings. The minimum Gasteiger partial charge on any atom is -0.490 e. The molecular weight excluding hydrogens is 362 g/mol. The van der Waals surface area contributed by atoms with Gasteiger partial charge in [-0.2, -0.15) is 0 Å². The number of anilines is 2. The van der Waals surface area contributed by atoms with Gasteiger partial charge in [0.05, 0.1) is 11.6 Å². The molecule has 0 aromatic heterocycles. The predicted molar refractivity (Wildman–Crippen MR) is 111 cm³/mol. The Balaban J connectivity index is 1.40. The lowest BCUT2D eigenvalue weighted by molar-refractivity contribution is 0.247. The normalized spacial score (nSPS) is 13.9. The zero-order valence-corrected chi connectivity index (χ0v) is 16.4. The summed E-state index contributed by atoms with van der Waals surface area (Å²) in [5, 5.41) is 6.19. The van der Waals surface area contributed by atoms with Gasteiger partial charge in [0.2, 0.25) is 0 Å². The molecule has 0 radical (unpaired) electrons. The molecule has 27 heavy (non-hydrogen) atoms. The van der Waals surface area contributed by atoms with Crippen molar-refractivity contribution in [1.29, 1.82) is 0 Å². The number of urea groups is 1. The molecule has 2 N–H and O–H groups in total. The molecule has 1 saturated heterocycles. The van der Waals surface area contributed by atoms with E-state index in [0.717, 1.165) is 24.3 Å². The van der Waals surface area contributed by atoms with Gasteiger partial charge in [0.1, 0.15) is 12.4 Å². The third-order valence-corrected chi connectivity index (χ3v) is 4.89. The van der Waals surface area contributed by atoms with Gasteiger partial charge in [-0.05, 0) is 68.1 Å². The SMILES string of the molecule is Cc1ccc(Cl)c(OCCNC(=O)Nc2ccc(N3CCCCC3)cc2)c1. The van der Waals surface area contributed by atoms with Crippen molar-refractivity contribution < 1.29 is 9.53 Å². The second-order valence-corrected chi connectivity index (χ2v) is 7.17. The van der Waals surface area contributed by atoms with E-state index in [0.29, 0.717) is 23.9 Å². The highest BCUT2D eigenvalue weighted by molar-refractivity contribution is 6.32. The number of piperidine rings is 1. The Morgan fingerprint density at radius 2 is 1.85 bits per heavy atom. The van der Waals surface area contributed by atoms with Crippen LogP contribution in [0.1, 0.15) is 24.8 Å². The van der Waals surface area contributed by atoms with Crippen LogP contribution in [0.3, 0.4) is 0 Å². The van der Waals surface area contributed by atoms with Crippen LogP contribution in [0.2, 0.25) is 5.02 Å². The number of amides is 2. The summed E-state index contributed by atoms with van der Waals surface area (Å²) in [4.78, 5) is 14.4. The van der Waals surface area contributed by atoms with Crippen LogP contribution in [0, 0.1) is 6.92 Å². The van der Waals surface area contributed by atoms with Crippen LogP contribution in [0.25, 0.3) is 0 Å². The molecule has 2 amide bonds. The Hall–Kier alpha value is -2.40. The van der Waals surface area contributed by atoms with Crippen molar-refractivity contribution in [3.05, 3.63) is 53.1 Å². The Morgan fingerprint density at radius 3 is 2.59 bits per heavy atom. The molecule has 1 aliphatic heterocycles. The lowest BCUT2D eigenvalue weighted by atomic mass is 10.1. The summed E-state index contributed by atoms with van der Waals surface area (Å²) in [5.41, 5.74) is 3.06. The van der Waals surface area contributed by atoms with Gasteiger partial charge in [0.25, 0.3) is 0 Å². The fourth-order valence-corrected chi connectivity index (χ4v) is 3.30. The Labute approximate surface area is 165 Å². The van der Waals surface area contributed by atoms with E-state index in [-0.39, 0.29) is 6.03 Å². The predicted octanol–water partition coefficient (Wildman–Crippen LogP) is 4.84. The third kappa shape index (κ3) is 5.79. The number of carbonyl (C=O) groups excluding carboxylic acids is 1. The van der Waals surface area contributed by atoms with Crippen LogP contribution >= 0.6 is 11.6 Å². The van der Waals surface area contributed by atoms with E-state index >= 15 is 0 Å². The van der Waals surface area contributed by atoms with Gasteiger partial charge >= 0.3 is 6.03 Å². The molecule has 1 heterocycles. The Bertz CT molecular complexity index is 759. The molecule has 0 unspecified atom stereocenters. The smallest absolute Gasteiger partial charge is 0.319 e. The number of ether oxygens (including phenoxy) is 1. The first-order valence-electron chi connectivity index (χ1n) is 9.40. The number of nitrogens with zero attached hydrogens (tertiary/aromatic N) is 1. The van der Waals surface area contributed by atoms with Gasteiger partial charge in [-0.1, -0.05) is 17.7 Å². The van der Waals surface area contributed by atoms with E-state index in [4.69, 9.17) is 16.3 Å². The summed E-state index contributed by atoms with van der Waals surface area (Å²) in [6.45, 7) is 4.94. The molecule has 1 fully saturated rings. The summed E-state index contributed by atoms with van der Waals surface area (Å²) in [7, 11) is 0. The lowest BCUT2D eigenvalue weighted by Gasteiger charge is -2.28. The first-order valence-corrected chi connectivity index (χ1v) is 9.78. The van der Waals surface area contributed by atoms with E-state index in [1.165, 1.54) is 24.9 Å². The van der Waals surface area contributed by atoms with Crippen LogP contribution in [0.4, 0.5) is 16.2 Å². The van der Waals surface area contributed by atoms with E-state index in [1.807, 2.05) is 31.2 Å². The molecule has 5 nitrogen and oxygen atoms in total. The zero-order chi connectivity index (χ0) is 19.1. The molecule has 3 rings (SSSR count). The van der Waals surface area contributed by atoms with Crippen LogP contribution in [-0.2, 0) is 0 Å². The van der Waals surface area contributed by atoms with Gasteiger partial charge in [0, 0.05) is 24.5 Å². The van der Waals surface area contributed by atoms with Crippen LogP contribution in [-0.4, -0.2) is 32.3 Å². The number of benzene rings is 2. The van der Waals surface area contributed by atoms with Gasteiger partial charge in [-0.25, -0.2) is 4.79 Å². The van der Waals surface area contributed by atoms with Crippen molar-refractivity contribution in [3.63, 3.8) is 0 Å². The first kappa shape index (κ1) is 19.4. The Kier molecular flexibility index (Phi) is 6.82. The first-order chi connectivity index (χ1) is 13.1. The fraction of sp³-hybridized carbons (Fsp3) is 0.381. The fourth-order valence-electron chi connectivity index (χ4n) is 3.13. The monoisotopic (exact) mass is 387 g/mol. The standard InChI is InChI=1S/C21H26ClN3O2/c1-16-5-10-19(22)20(15-16)27-14-11-23-21(26)24-17-6-8-18(9-7-17)25-12-3-2-4-13-25/h5-10,15H,2-4,11-14H2,1H3,(H2,23,24,26). The molecule has 0 aliphatic carbocycles. The summed E-state index contributed by atoms with van der Waals surface area (Å²) in [6, 6.07) is 13.4. The lowest BCUT2D eigenvalue weighted by Crippen LogP contribution is -2.32. The zero-order valence-electron chi connectivity index (χ0n) is 15.6. The highest BCUT2D eigenvalue weighted by atomic mass is 35.5. The summed E-state index contributed by atoms with van der Waals surface area (Å²) < 4.78 is 5.62. The van der Waals surface area contributed by atoms with Crippen LogP contribution < -0.4 is 20.3 Å². The molecule has 144 valence electrons. The third-order valence-electron chi connectivity index (χ3n) is 4.58. The van der Waals surface area contributed by atoms with Crippen molar-refractivity contribution >= 4 is 29.0 Å². The maximum absolute atomic E-state index is 12.0. The van der Waals surface area contributed by atoms with E-state index in [1.54, 1.807) is 6.07 Å². The van der Waals surface area contributed by atoms with E-state index in [9.17, 15) is 4.79 Å². The maximum atomic E-state index is 12.0. The van der Waals surface area contributed by atoms with Crippen molar-refractivity contribution in [2.75, 3.05) is 36.5 Å². The van der Waals surface area contributed by atoms with Gasteiger partial charge in [-0.15, -0.1) is 0 Å². The second kappa shape index (κ2) is 9.51. The summed E-state index contributed by atoms with van der Waals surface area (Å²) >= 11 is 6.09. The largest absolute Gasteiger partial charge is 0.490 e. The topological polar surface area (TPSA) is 53.6 Å². The quantitative estimate of drug-likeness (QED) is 0.697. The summed E-state index contributed by atoms with van der Waals surface area (Å²) in [6.07, 6.45) is 3.81. The molecule has 0 spiro atoms. The highest BCUT2D eigenvalue weighted by Gasteiger charge is 2.11. The molecule has 0 saturated carbocycles. The van der Waals surface area contributed by atoms with Crippen molar-refractivity contribution in [1.82, 2.24) is 5.32 Å². The number of carbonyl (C=O) groups is 1. The molecule has 2 aromatic carbocycles. The highest BCUT2D eigenvalue weighted by Crippen LogP contribution is 2.25. The van der Waals surface area contributed by atoms with Crippen molar-refractivity contribution in [2.45, 2.75) is 26.2 Å². The number of aryl methyl sites for hydroxylation is 1. The molecular formula is C21H26ClN3O2. The summed E-state index contributed by atoms with van der Waals surface area (Å²) in [5.74, 6) is 0.632. The number of halogens is 1. The van der Waals surface area contributed by atoms with E-state index < -0.39 is 0 Å². The van der Waals surface area contributed by atoms with Gasteiger partial charge in [-0.3, -0.25) is 0 Å². The van der Waals surface area contributed by atoms with Gasteiger partial charge < -0.3 is 20.3 Å². The van der Waals surface area contributed by atoms with Crippen LogP contribution in [0.15, 0.2) is 42.5 Å². The van der Waals surface area contributed by atoms with Gasteiger partial charge in [0.15, 0.2) is 0 Å². The van der Waals surface area contributed by atoms with Crippen molar-refractivity contribution in [2.24, 2.45) is 0 Å². The number of hydrogen-bond acceptors (Lipinski definition) is 3. The average molecular weight is 388 g/mol. The number of rotatable bonds is 6. The molecule has 0 bridgehead atoms. The molecule has 0 atom stereocenters. The van der Waals surface area contributed by atoms with E-state index in [2.05, 4.69) is 27.7 Å². The molecule has 1 aliphatic rings. The maximum Gasteiger partial charge on any atom is 0.319 e. The average Bonchev–Trinajstić information content (AvgIpc) is 2.69. The number of nitrogens with one attached hydrogen (secondary N) is 2. The second-order valence-electron chi connectivity index (χ2n) is 6.76.